The predicted octanol–water partition coefficient (Wildman–Crippen LogP) is 3.93. The number of hydrogen-bond acceptors (Lipinski definition) is 10. The third-order valence-electron chi connectivity index (χ3n) is 4.95. The molecule has 1 atom stereocenters. The summed E-state index contributed by atoms with van der Waals surface area (Å²) in [7, 11) is 0.176. The molecule has 10 nitrogen and oxygen atoms in total. The fourth-order valence-corrected chi connectivity index (χ4v) is 3.62. The molecule has 178 valence electrons. The van der Waals surface area contributed by atoms with Gasteiger partial charge in [0.15, 0.2) is 34.1 Å². The first-order valence-electron chi connectivity index (χ1n) is 10.2. The van der Waals surface area contributed by atoms with Crippen LogP contribution in [-0.4, -0.2) is 49.6 Å². The molecule has 0 spiro atoms. The van der Waals surface area contributed by atoms with E-state index in [2.05, 4.69) is 23.5 Å². The summed E-state index contributed by atoms with van der Waals surface area (Å²) in [5.41, 5.74) is 1.51. The summed E-state index contributed by atoms with van der Waals surface area (Å²) in [6.07, 6.45) is 0. The maximum absolute atomic E-state index is 11.8. The molecule has 11 heteroatoms. The monoisotopic (exact) mass is 492 g/mol. The number of thiol groups is 1. The summed E-state index contributed by atoms with van der Waals surface area (Å²) in [5.74, 6) is -0.342. The highest BCUT2D eigenvalue weighted by Crippen LogP contribution is 2.37. The van der Waals surface area contributed by atoms with E-state index in [1.165, 1.54) is 26.4 Å². The third kappa shape index (κ3) is 5.10. The lowest BCUT2D eigenvalue weighted by Crippen LogP contribution is -2.02. The number of nitrogens with zero attached hydrogens (tertiary/aromatic N) is 4. The van der Waals surface area contributed by atoms with Crippen molar-refractivity contribution in [1.29, 1.82) is 0 Å². The number of esters is 1. The second kappa shape index (κ2) is 10.3. The summed E-state index contributed by atoms with van der Waals surface area (Å²) < 4.78 is 25.0. The van der Waals surface area contributed by atoms with Crippen LogP contribution in [0.25, 0.3) is 34.2 Å². The summed E-state index contributed by atoms with van der Waals surface area (Å²) in [4.78, 5) is 25.2. The highest BCUT2D eigenvalue weighted by Gasteiger charge is 2.18. The maximum atomic E-state index is 11.8. The Balaban J connectivity index is 1.91. The van der Waals surface area contributed by atoms with Gasteiger partial charge in [-0.25, -0.2) is 24.0 Å². The topological polar surface area (TPSA) is 144 Å². The molecule has 0 aliphatic rings. The first kappa shape index (κ1) is 23.8. The van der Waals surface area contributed by atoms with Crippen molar-refractivity contribution in [2.45, 2.75) is 0 Å². The lowest BCUT2D eigenvalue weighted by molar-refractivity contribution is 0.0600. The quantitative estimate of drug-likeness (QED) is 0.269. The maximum Gasteiger partial charge on any atom is 0.337 e. The first-order chi connectivity index (χ1) is 16.9. The van der Waals surface area contributed by atoms with Gasteiger partial charge in [0.1, 0.15) is 11.4 Å². The summed E-state index contributed by atoms with van der Waals surface area (Å²) in [6, 6.07) is 17.6. The number of aromatic hydroxyl groups is 2. The van der Waals surface area contributed by atoms with Gasteiger partial charge in [0.05, 0.1) is 30.9 Å². The van der Waals surface area contributed by atoms with Gasteiger partial charge in [-0.15, -0.1) is 0 Å². The zero-order valence-corrected chi connectivity index (χ0v) is 19.5. The molecule has 4 aromatic rings. The molecule has 0 aliphatic carbocycles. The Labute approximate surface area is 202 Å². The van der Waals surface area contributed by atoms with Gasteiger partial charge in [0.25, 0.3) is 0 Å². The van der Waals surface area contributed by atoms with Crippen LogP contribution in [0.2, 0.25) is 0 Å². The molecular formula is C24H20N4O6S. The van der Waals surface area contributed by atoms with Crippen LogP contribution < -0.4 is 0 Å². The lowest BCUT2D eigenvalue weighted by Gasteiger charge is -2.11. The largest absolute Gasteiger partial charge is 0.507 e. The van der Waals surface area contributed by atoms with Gasteiger partial charge in [-0.1, -0.05) is 30.3 Å². The number of phenols is 2. The van der Waals surface area contributed by atoms with Crippen LogP contribution in [0.4, 0.5) is 5.69 Å². The molecule has 0 aliphatic heterocycles. The van der Waals surface area contributed by atoms with E-state index in [1.807, 2.05) is 0 Å². The molecule has 1 aromatic heterocycles. The van der Waals surface area contributed by atoms with Crippen molar-refractivity contribution in [2.24, 2.45) is 4.36 Å². The summed E-state index contributed by atoms with van der Waals surface area (Å²) >= 11 is 0. The van der Waals surface area contributed by atoms with Gasteiger partial charge < -0.3 is 14.9 Å². The molecule has 0 bridgehead atoms. The SMILES string of the molecule is COC(=O)c1ccc(-c2nc(-c3ccccc3O)nc(-c3cccc(N=[SH](=O)OC)c3O)n2)cc1. The second-order valence-corrected chi connectivity index (χ2v) is 8.13. The molecule has 1 heterocycles. The smallest absolute Gasteiger partial charge is 0.337 e. The van der Waals surface area contributed by atoms with Crippen LogP contribution in [0, 0.1) is 0 Å². The Kier molecular flexibility index (Phi) is 6.99. The zero-order valence-electron chi connectivity index (χ0n) is 18.6. The van der Waals surface area contributed by atoms with E-state index >= 15 is 0 Å². The van der Waals surface area contributed by atoms with Gasteiger partial charge in [-0.3, -0.25) is 4.18 Å². The minimum atomic E-state index is -2.36. The number of ether oxygens (including phenoxy) is 1. The summed E-state index contributed by atoms with van der Waals surface area (Å²) in [6.45, 7) is 0. The molecule has 3 aromatic carbocycles. The van der Waals surface area contributed by atoms with Crippen LogP contribution in [0.5, 0.6) is 11.5 Å². The van der Waals surface area contributed by atoms with Crippen molar-refractivity contribution < 1.29 is 28.1 Å². The van der Waals surface area contributed by atoms with Crippen molar-refractivity contribution in [1.82, 2.24) is 15.0 Å². The Morgan fingerprint density at radius 3 is 2.11 bits per heavy atom. The van der Waals surface area contributed by atoms with Gasteiger partial charge >= 0.3 is 5.97 Å². The molecule has 35 heavy (non-hydrogen) atoms. The zero-order chi connectivity index (χ0) is 24.9. The van der Waals surface area contributed by atoms with Crippen molar-refractivity contribution in [3.05, 3.63) is 72.3 Å². The molecule has 4 rings (SSSR count). The highest BCUT2D eigenvalue weighted by atomic mass is 32.2. The van der Waals surface area contributed by atoms with Gasteiger partial charge in [0.2, 0.25) is 0 Å². The fraction of sp³-hybridized carbons (Fsp3) is 0.0833. The highest BCUT2D eigenvalue weighted by molar-refractivity contribution is 7.69. The van der Waals surface area contributed by atoms with Crippen LogP contribution in [0.1, 0.15) is 10.4 Å². The van der Waals surface area contributed by atoms with E-state index in [1.54, 1.807) is 54.6 Å². The van der Waals surface area contributed by atoms with E-state index in [9.17, 15) is 19.2 Å². The standard InChI is InChI=1S/C24H20N4O6S/c1-33-24(31)15-12-10-14(11-13-15)21-25-22(16-6-3-4-9-19(16)29)27-23(26-21)17-7-5-8-18(20(17)30)28-35(32)34-2/h3-13,29-30,35H,1-2H3. The average Bonchev–Trinajstić information content (AvgIpc) is 2.89. The Morgan fingerprint density at radius 1 is 0.829 bits per heavy atom. The van der Waals surface area contributed by atoms with Crippen LogP contribution in [-0.2, 0) is 19.8 Å². The van der Waals surface area contributed by atoms with Crippen LogP contribution in [0.15, 0.2) is 71.1 Å². The summed E-state index contributed by atoms with van der Waals surface area (Å²) in [5, 5.41) is 21.2. The lowest BCUT2D eigenvalue weighted by atomic mass is 10.1. The number of carbonyl (C=O) groups is 1. The van der Waals surface area contributed by atoms with Crippen molar-refractivity contribution in [3.8, 4) is 45.7 Å². The number of rotatable bonds is 6. The minimum absolute atomic E-state index is 0.0401. The molecule has 0 saturated carbocycles. The van der Waals surface area contributed by atoms with Crippen LogP contribution >= 0.6 is 0 Å². The van der Waals surface area contributed by atoms with Gasteiger partial charge in [0, 0.05) is 5.56 Å². The predicted molar refractivity (Wildman–Crippen MR) is 129 cm³/mol. The van der Waals surface area contributed by atoms with E-state index < -0.39 is 16.8 Å². The molecule has 0 saturated heterocycles. The Bertz CT molecular complexity index is 1480. The van der Waals surface area contributed by atoms with Crippen molar-refractivity contribution in [2.75, 3.05) is 14.2 Å². The van der Waals surface area contributed by atoms with E-state index in [-0.39, 0.29) is 40.2 Å². The number of benzene rings is 3. The van der Waals surface area contributed by atoms with Crippen molar-refractivity contribution >= 4 is 22.5 Å². The fourth-order valence-electron chi connectivity index (χ4n) is 3.20. The second-order valence-electron chi connectivity index (χ2n) is 7.09. The molecule has 2 N–H and O–H groups in total. The number of para-hydroxylation sites is 2. The number of phenolic OH excluding ortho intramolecular Hbond substituents is 2. The van der Waals surface area contributed by atoms with Crippen LogP contribution in [0.3, 0.4) is 0 Å². The van der Waals surface area contributed by atoms with Crippen molar-refractivity contribution in [3.63, 3.8) is 0 Å². The van der Waals surface area contributed by atoms with Gasteiger partial charge in [-0.2, -0.15) is 4.36 Å². The number of methoxy groups -OCH3 is 1. The normalized spacial score (nSPS) is 11.8. The molecular weight excluding hydrogens is 472 g/mol. The number of carbonyl (C=O) groups excluding carboxylic acids is 1. The molecule has 0 radical (unpaired) electrons. The third-order valence-corrected chi connectivity index (χ3v) is 5.64. The average molecular weight is 493 g/mol. The first-order valence-corrected chi connectivity index (χ1v) is 11.3. The Hall–Kier alpha value is -4.35. The number of hydrogen-bond donors (Lipinski definition) is 3. The van der Waals surface area contributed by atoms with Gasteiger partial charge in [-0.05, 0) is 36.4 Å². The van der Waals surface area contributed by atoms with E-state index in [0.29, 0.717) is 16.7 Å². The number of aromatic nitrogens is 3. The van der Waals surface area contributed by atoms with E-state index in [4.69, 9.17) is 4.74 Å². The Morgan fingerprint density at radius 2 is 1.46 bits per heavy atom. The molecule has 1 unspecified atom stereocenters. The van der Waals surface area contributed by atoms with E-state index in [0.717, 1.165) is 0 Å². The minimum Gasteiger partial charge on any atom is -0.507 e. The molecule has 0 amide bonds. The molecule has 0 fully saturated rings.